The monoisotopic (exact) mass is 236 g/mol. The van der Waals surface area contributed by atoms with Crippen LogP contribution in [0.15, 0.2) is 30.3 Å². The first-order valence-electron chi connectivity index (χ1n) is 5.57. The Kier molecular flexibility index (Phi) is 4.05. The van der Waals surface area contributed by atoms with E-state index in [0.717, 1.165) is 5.56 Å². The van der Waals surface area contributed by atoms with Crippen LogP contribution in [0.2, 0.25) is 19.6 Å². The molecule has 0 saturated heterocycles. The van der Waals surface area contributed by atoms with E-state index in [1.165, 1.54) is 6.92 Å². The van der Waals surface area contributed by atoms with E-state index in [9.17, 15) is 9.90 Å². The molecule has 16 heavy (non-hydrogen) atoms. The van der Waals surface area contributed by atoms with Crippen molar-refractivity contribution < 1.29 is 9.90 Å². The predicted octanol–water partition coefficient (Wildman–Crippen LogP) is 2.60. The van der Waals surface area contributed by atoms with Gasteiger partial charge in [-0.2, -0.15) is 0 Å². The fourth-order valence-electron chi connectivity index (χ4n) is 2.05. The van der Waals surface area contributed by atoms with Crippen molar-refractivity contribution in [3.63, 3.8) is 0 Å². The average molecular weight is 236 g/mol. The molecule has 88 valence electrons. The van der Waals surface area contributed by atoms with Crippen molar-refractivity contribution in [3.8, 4) is 0 Å². The van der Waals surface area contributed by atoms with Crippen molar-refractivity contribution in [3.05, 3.63) is 35.9 Å². The van der Waals surface area contributed by atoms with Crippen LogP contribution in [-0.4, -0.2) is 25.1 Å². The highest BCUT2D eigenvalue weighted by atomic mass is 28.3. The second kappa shape index (κ2) is 4.93. The van der Waals surface area contributed by atoms with E-state index >= 15 is 0 Å². The highest BCUT2D eigenvalue weighted by Gasteiger charge is 2.36. The van der Waals surface area contributed by atoms with Gasteiger partial charge in [-0.15, -0.1) is 0 Å². The first-order valence-corrected chi connectivity index (χ1v) is 9.15. The predicted molar refractivity (Wildman–Crippen MR) is 69.2 cm³/mol. The summed E-state index contributed by atoms with van der Waals surface area (Å²) in [6.45, 7) is 7.99. The molecule has 1 rings (SSSR count). The minimum atomic E-state index is -1.62. The Bertz CT molecular complexity index is 354. The number of ketones is 1. The summed E-state index contributed by atoms with van der Waals surface area (Å²) in [7, 11) is -1.62. The molecule has 0 amide bonds. The highest BCUT2D eigenvalue weighted by molar-refractivity contribution is 6.77. The molecule has 0 spiro atoms. The van der Waals surface area contributed by atoms with E-state index in [0.29, 0.717) is 0 Å². The Labute approximate surface area is 98.3 Å². The molecule has 0 aliphatic rings. The third kappa shape index (κ3) is 3.03. The van der Waals surface area contributed by atoms with Crippen LogP contribution in [0.25, 0.3) is 0 Å². The molecule has 2 nitrogen and oxygen atoms in total. The maximum absolute atomic E-state index is 11.4. The number of benzene rings is 1. The molecule has 2 unspecified atom stereocenters. The molecule has 0 radical (unpaired) electrons. The van der Waals surface area contributed by atoms with Crippen molar-refractivity contribution >= 4 is 13.9 Å². The van der Waals surface area contributed by atoms with Gasteiger partial charge < -0.3 is 5.11 Å². The summed E-state index contributed by atoms with van der Waals surface area (Å²) in [5.41, 5.74) is 1.05. The van der Waals surface area contributed by atoms with Gasteiger partial charge in [0.1, 0.15) is 6.10 Å². The van der Waals surface area contributed by atoms with E-state index in [1.807, 2.05) is 30.3 Å². The van der Waals surface area contributed by atoms with Gasteiger partial charge in [0.05, 0.1) is 8.07 Å². The lowest BCUT2D eigenvalue weighted by atomic mass is 10.0. The van der Waals surface area contributed by atoms with Crippen molar-refractivity contribution in [2.45, 2.75) is 38.2 Å². The Morgan fingerprint density at radius 1 is 1.19 bits per heavy atom. The average Bonchev–Trinajstić information content (AvgIpc) is 2.17. The Morgan fingerprint density at radius 2 is 1.69 bits per heavy atom. The van der Waals surface area contributed by atoms with Gasteiger partial charge in [0.25, 0.3) is 0 Å². The molecule has 0 aliphatic carbocycles. The normalized spacial score (nSPS) is 15.6. The van der Waals surface area contributed by atoms with Gasteiger partial charge in [0, 0.05) is 5.54 Å². The fourth-order valence-corrected chi connectivity index (χ4v) is 4.43. The van der Waals surface area contributed by atoms with Crippen molar-refractivity contribution in [1.82, 2.24) is 0 Å². The number of aliphatic hydroxyl groups is 1. The molecule has 0 aliphatic heterocycles. The van der Waals surface area contributed by atoms with Crippen LogP contribution in [0.3, 0.4) is 0 Å². The smallest absolute Gasteiger partial charge is 0.158 e. The van der Waals surface area contributed by atoms with E-state index in [-0.39, 0.29) is 11.3 Å². The van der Waals surface area contributed by atoms with Crippen LogP contribution in [0.4, 0.5) is 0 Å². The van der Waals surface area contributed by atoms with Crippen LogP contribution >= 0.6 is 0 Å². The second-order valence-electron chi connectivity index (χ2n) is 5.31. The lowest BCUT2D eigenvalue weighted by Gasteiger charge is -2.32. The maximum Gasteiger partial charge on any atom is 0.158 e. The topological polar surface area (TPSA) is 37.3 Å². The standard InChI is InChI=1S/C13H20O2Si/c1-10(14)12(15)13(16(2,3)4)11-8-6-5-7-9-11/h5-9,12-13,15H,1-4H3. The quantitative estimate of drug-likeness (QED) is 0.816. The summed E-state index contributed by atoms with van der Waals surface area (Å²) in [6.07, 6.45) is -0.867. The molecular weight excluding hydrogens is 216 g/mol. The second-order valence-corrected chi connectivity index (χ2v) is 10.7. The van der Waals surface area contributed by atoms with E-state index in [2.05, 4.69) is 19.6 Å². The van der Waals surface area contributed by atoms with Crippen LogP contribution in [0.1, 0.15) is 18.0 Å². The SMILES string of the molecule is CC(=O)C(O)C(c1ccccc1)[Si](C)(C)C. The molecule has 0 saturated carbocycles. The zero-order valence-electron chi connectivity index (χ0n) is 10.4. The molecule has 0 bridgehead atoms. The van der Waals surface area contributed by atoms with Gasteiger partial charge in [-0.05, 0) is 12.5 Å². The summed E-state index contributed by atoms with van der Waals surface area (Å²) in [5.74, 6) is -0.142. The highest BCUT2D eigenvalue weighted by Crippen LogP contribution is 2.30. The van der Waals surface area contributed by atoms with Gasteiger partial charge in [0.15, 0.2) is 5.78 Å². The molecule has 3 heteroatoms. The maximum atomic E-state index is 11.4. The van der Waals surface area contributed by atoms with Crippen LogP contribution in [0, 0.1) is 0 Å². The van der Waals surface area contributed by atoms with Gasteiger partial charge in [0.2, 0.25) is 0 Å². The van der Waals surface area contributed by atoms with Gasteiger partial charge in [-0.3, -0.25) is 4.79 Å². The number of hydrogen-bond acceptors (Lipinski definition) is 2. The summed E-state index contributed by atoms with van der Waals surface area (Å²) in [4.78, 5) is 11.4. The first-order chi connectivity index (χ1) is 7.34. The summed E-state index contributed by atoms with van der Waals surface area (Å²) in [5, 5.41) is 10.1. The molecule has 0 heterocycles. The van der Waals surface area contributed by atoms with Crippen LogP contribution in [0.5, 0.6) is 0 Å². The molecule has 1 aromatic rings. The molecule has 1 N–H and O–H groups in total. The minimum Gasteiger partial charge on any atom is -0.385 e. The summed E-state index contributed by atoms with van der Waals surface area (Å²) in [6, 6.07) is 9.85. The largest absolute Gasteiger partial charge is 0.385 e. The third-order valence-electron chi connectivity index (χ3n) is 2.82. The van der Waals surface area contributed by atoms with Gasteiger partial charge >= 0.3 is 0 Å². The zero-order valence-corrected chi connectivity index (χ0v) is 11.4. The lowest BCUT2D eigenvalue weighted by Crippen LogP contribution is -2.42. The van der Waals surface area contributed by atoms with E-state index in [4.69, 9.17) is 0 Å². The molecular formula is C13H20O2Si. The molecule has 0 fully saturated rings. The molecule has 2 atom stereocenters. The fraction of sp³-hybridized carbons (Fsp3) is 0.462. The minimum absolute atomic E-state index is 0.0220. The number of carbonyl (C=O) groups excluding carboxylic acids is 1. The Balaban J connectivity index is 3.12. The number of carbonyl (C=O) groups is 1. The number of Topliss-reactive ketones (excluding diaryl/α,β-unsaturated/α-hetero) is 1. The number of aliphatic hydroxyl groups excluding tert-OH is 1. The van der Waals surface area contributed by atoms with Gasteiger partial charge in [-0.1, -0.05) is 50.0 Å². The number of hydrogen-bond donors (Lipinski definition) is 1. The molecule has 0 aromatic heterocycles. The van der Waals surface area contributed by atoms with E-state index < -0.39 is 14.2 Å². The van der Waals surface area contributed by atoms with Crippen molar-refractivity contribution in [1.29, 1.82) is 0 Å². The van der Waals surface area contributed by atoms with Crippen molar-refractivity contribution in [2.24, 2.45) is 0 Å². The third-order valence-corrected chi connectivity index (χ3v) is 5.34. The first kappa shape index (κ1) is 13.1. The zero-order chi connectivity index (χ0) is 12.3. The molecule has 1 aromatic carbocycles. The summed E-state index contributed by atoms with van der Waals surface area (Å²) < 4.78 is 0. The summed E-state index contributed by atoms with van der Waals surface area (Å²) >= 11 is 0. The lowest BCUT2D eigenvalue weighted by molar-refractivity contribution is -0.125. The van der Waals surface area contributed by atoms with Crippen LogP contribution < -0.4 is 0 Å². The van der Waals surface area contributed by atoms with Crippen LogP contribution in [-0.2, 0) is 4.79 Å². The Hall–Kier alpha value is -0.933. The van der Waals surface area contributed by atoms with E-state index in [1.54, 1.807) is 0 Å². The Morgan fingerprint density at radius 3 is 2.06 bits per heavy atom. The van der Waals surface area contributed by atoms with Gasteiger partial charge in [-0.25, -0.2) is 0 Å². The number of rotatable bonds is 4. The van der Waals surface area contributed by atoms with Crippen molar-refractivity contribution in [2.75, 3.05) is 0 Å².